The van der Waals surface area contributed by atoms with Gasteiger partial charge in [-0.2, -0.15) is 0 Å². The Kier molecular flexibility index (Phi) is 9.68. The number of likely N-dealkylation sites (tertiary alicyclic amines) is 1. The van der Waals surface area contributed by atoms with E-state index < -0.39 is 17.9 Å². The molecule has 1 aliphatic heterocycles. The molecule has 3 rings (SSSR count). The number of ether oxygens (including phenoxy) is 1. The van der Waals surface area contributed by atoms with Crippen LogP contribution in [-0.4, -0.2) is 63.9 Å². The molecule has 190 valence electrons. The minimum Gasteiger partial charge on any atom is -0.494 e. The van der Waals surface area contributed by atoms with Crippen LogP contribution in [0.2, 0.25) is 0 Å². The van der Waals surface area contributed by atoms with Crippen molar-refractivity contribution in [3.8, 4) is 5.75 Å². The fraction of sp³-hybridized carbons (Fsp3) is 0.480. The lowest BCUT2D eigenvalue weighted by atomic mass is 9.91. The third kappa shape index (κ3) is 7.30. The van der Waals surface area contributed by atoms with Crippen molar-refractivity contribution in [2.75, 3.05) is 30.7 Å². The monoisotopic (exact) mass is 485 g/mol. The standard InChI is InChI=1S/C25H35N5O5/c1-2-35-19-10-8-17(9-11-19)5-3-6-20(22(31)24(32)29-34)25(33)30-15-12-18(13-16-30)28-23-21(26)7-4-14-27-23/h4,7-11,14,18,20,22,31,34H,2-3,5-6,12-13,15-16,26H2,1H3,(H,27,28)(H,29,32)/t20-,22+/m1/s1. The summed E-state index contributed by atoms with van der Waals surface area (Å²) in [5, 5.41) is 22.8. The minimum absolute atomic E-state index is 0.111. The van der Waals surface area contributed by atoms with Gasteiger partial charge < -0.3 is 25.8 Å². The molecule has 1 aromatic heterocycles. The van der Waals surface area contributed by atoms with Crippen molar-refractivity contribution in [1.29, 1.82) is 0 Å². The third-order valence-corrected chi connectivity index (χ3v) is 6.28. The smallest absolute Gasteiger partial charge is 0.272 e. The maximum Gasteiger partial charge on any atom is 0.272 e. The molecule has 1 fully saturated rings. The third-order valence-electron chi connectivity index (χ3n) is 6.28. The number of nitrogens with one attached hydrogen (secondary N) is 2. The second-order valence-electron chi connectivity index (χ2n) is 8.68. The van der Waals surface area contributed by atoms with E-state index in [4.69, 9.17) is 15.7 Å². The molecule has 0 radical (unpaired) electrons. The summed E-state index contributed by atoms with van der Waals surface area (Å²) in [5.74, 6) is -0.793. The van der Waals surface area contributed by atoms with Gasteiger partial charge in [0.1, 0.15) is 17.7 Å². The van der Waals surface area contributed by atoms with E-state index in [0.29, 0.717) is 63.3 Å². The molecular weight excluding hydrogens is 450 g/mol. The van der Waals surface area contributed by atoms with Gasteiger partial charge in [0.2, 0.25) is 5.91 Å². The van der Waals surface area contributed by atoms with Crippen LogP contribution in [0.3, 0.4) is 0 Å². The number of pyridine rings is 1. The maximum absolute atomic E-state index is 13.3. The number of carbonyl (C=O) groups excluding carboxylic acids is 2. The summed E-state index contributed by atoms with van der Waals surface area (Å²) < 4.78 is 5.45. The number of benzene rings is 1. The number of aliphatic hydroxyl groups excluding tert-OH is 1. The Labute approximate surface area is 205 Å². The zero-order chi connectivity index (χ0) is 25.2. The largest absolute Gasteiger partial charge is 0.494 e. The van der Waals surface area contributed by atoms with E-state index in [1.54, 1.807) is 23.2 Å². The van der Waals surface area contributed by atoms with Crippen LogP contribution in [0.5, 0.6) is 5.75 Å². The molecule has 1 aromatic carbocycles. The van der Waals surface area contributed by atoms with Crippen molar-refractivity contribution in [1.82, 2.24) is 15.4 Å². The van der Waals surface area contributed by atoms with Crippen molar-refractivity contribution in [3.05, 3.63) is 48.2 Å². The predicted molar refractivity (Wildman–Crippen MR) is 132 cm³/mol. The topological polar surface area (TPSA) is 150 Å². The Balaban J connectivity index is 1.56. The number of hydroxylamine groups is 1. The van der Waals surface area contributed by atoms with E-state index in [1.807, 2.05) is 31.2 Å². The van der Waals surface area contributed by atoms with Crippen LogP contribution in [0.4, 0.5) is 11.5 Å². The highest BCUT2D eigenvalue weighted by Crippen LogP contribution is 2.24. The Morgan fingerprint density at radius 1 is 1.23 bits per heavy atom. The molecule has 10 nitrogen and oxygen atoms in total. The number of aromatic nitrogens is 1. The van der Waals surface area contributed by atoms with Crippen LogP contribution in [0.15, 0.2) is 42.6 Å². The van der Waals surface area contributed by atoms with Gasteiger partial charge in [-0.1, -0.05) is 12.1 Å². The van der Waals surface area contributed by atoms with Gasteiger partial charge in [-0.3, -0.25) is 14.8 Å². The molecule has 2 atom stereocenters. The highest BCUT2D eigenvalue weighted by atomic mass is 16.5. The van der Waals surface area contributed by atoms with E-state index in [0.717, 1.165) is 11.3 Å². The van der Waals surface area contributed by atoms with E-state index in [9.17, 15) is 14.7 Å². The first-order valence-corrected chi connectivity index (χ1v) is 12.0. The number of aliphatic hydroxyl groups is 1. The van der Waals surface area contributed by atoms with Gasteiger partial charge in [0.25, 0.3) is 5.91 Å². The van der Waals surface area contributed by atoms with E-state index in [-0.39, 0.29) is 11.9 Å². The zero-order valence-electron chi connectivity index (χ0n) is 20.0. The first-order valence-electron chi connectivity index (χ1n) is 12.0. The van der Waals surface area contributed by atoms with E-state index in [1.165, 1.54) is 5.48 Å². The lowest BCUT2D eigenvalue weighted by Gasteiger charge is -2.35. The van der Waals surface area contributed by atoms with Crippen LogP contribution in [0.1, 0.15) is 38.2 Å². The number of aryl methyl sites for hydroxylation is 1. The summed E-state index contributed by atoms with van der Waals surface area (Å²) in [7, 11) is 0. The van der Waals surface area contributed by atoms with Gasteiger partial charge in [-0.05, 0) is 68.9 Å². The van der Waals surface area contributed by atoms with Crippen LogP contribution in [0, 0.1) is 5.92 Å². The molecule has 0 bridgehead atoms. The number of nitrogens with two attached hydrogens (primary N) is 1. The van der Waals surface area contributed by atoms with E-state index >= 15 is 0 Å². The van der Waals surface area contributed by atoms with Gasteiger partial charge >= 0.3 is 0 Å². The van der Waals surface area contributed by atoms with Crippen molar-refractivity contribution < 1.29 is 24.6 Å². The Hall–Kier alpha value is -3.37. The van der Waals surface area contributed by atoms with E-state index in [2.05, 4.69) is 10.3 Å². The molecule has 2 heterocycles. The van der Waals surface area contributed by atoms with Crippen LogP contribution >= 0.6 is 0 Å². The molecule has 0 saturated carbocycles. The van der Waals surface area contributed by atoms with Crippen LogP contribution in [0.25, 0.3) is 0 Å². The first kappa shape index (κ1) is 26.2. The molecule has 1 aliphatic rings. The second kappa shape index (κ2) is 12.9. The quantitative estimate of drug-likeness (QED) is 0.239. The lowest BCUT2D eigenvalue weighted by Crippen LogP contribution is -2.50. The highest BCUT2D eigenvalue weighted by Gasteiger charge is 2.36. The number of nitrogen functional groups attached to an aromatic ring is 1. The SMILES string of the molecule is CCOc1ccc(CCC[C@@H](C(=O)N2CCC(Nc3ncccc3N)CC2)[C@H](O)C(=O)NO)cc1. The molecule has 1 saturated heterocycles. The van der Waals surface area contributed by atoms with Crippen molar-refractivity contribution in [2.45, 2.75) is 51.2 Å². The lowest BCUT2D eigenvalue weighted by molar-refractivity contribution is -0.151. The number of hydrogen-bond donors (Lipinski definition) is 5. The Bertz CT molecular complexity index is 963. The maximum atomic E-state index is 13.3. The molecule has 10 heteroatoms. The van der Waals surface area contributed by atoms with Crippen molar-refractivity contribution in [3.63, 3.8) is 0 Å². The summed E-state index contributed by atoms with van der Waals surface area (Å²) in [4.78, 5) is 31.1. The zero-order valence-corrected chi connectivity index (χ0v) is 20.0. The van der Waals surface area contributed by atoms with Gasteiger partial charge in [0.15, 0.2) is 0 Å². The second-order valence-corrected chi connectivity index (χ2v) is 8.68. The summed E-state index contributed by atoms with van der Waals surface area (Å²) in [6.45, 7) is 3.48. The first-order chi connectivity index (χ1) is 16.9. The highest BCUT2D eigenvalue weighted by molar-refractivity contribution is 5.88. The number of rotatable bonds is 11. The summed E-state index contributed by atoms with van der Waals surface area (Å²) in [5.41, 5.74) is 9.06. The fourth-order valence-corrected chi connectivity index (χ4v) is 4.32. The minimum atomic E-state index is -1.63. The molecule has 6 N–H and O–H groups in total. The average molecular weight is 486 g/mol. The van der Waals surface area contributed by atoms with Crippen molar-refractivity contribution >= 4 is 23.3 Å². The molecule has 2 amide bonds. The molecular formula is C25H35N5O5. The number of nitrogens with zero attached hydrogens (tertiary/aromatic N) is 2. The summed E-state index contributed by atoms with van der Waals surface area (Å²) in [6.07, 6.45) is 2.99. The molecule has 35 heavy (non-hydrogen) atoms. The number of amides is 2. The number of piperidine rings is 1. The molecule has 0 aliphatic carbocycles. The fourth-order valence-electron chi connectivity index (χ4n) is 4.32. The number of hydrogen-bond acceptors (Lipinski definition) is 8. The van der Waals surface area contributed by atoms with Gasteiger partial charge in [0.05, 0.1) is 18.2 Å². The molecule has 0 unspecified atom stereocenters. The van der Waals surface area contributed by atoms with Crippen molar-refractivity contribution in [2.24, 2.45) is 5.92 Å². The predicted octanol–water partition coefficient (Wildman–Crippen LogP) is 1.97. The summed E-state index contributed by atoms with van der Waals surface area (Å²) in [6, 6.07) is 11.4. The summed E-state index contributed by atoms with van der Waals surface area (Å²) >= 11 is 0. The number of anilines is 2. The normalized spacial score (nSPS) is 15.8. The van der Waals surface area contributed by atoms with Gasteiger partial charge in [-0.25, -0.2) is 10.5 Å². The van der Waals surface area contributed by atoms with Gasteiger partial charge in [-0.15, -0.1) is 0 Å². The molecule has 2 aromatic rings. The Morgan fingerprint density at radius 2 is 1.94 bits per heavy atom. The van der Waals surface area contributed by atoms with Gasteiger partial charge in [0, 0.05) is 25.3 Å². The van der Waals surface area contributed by atoms with Crippen LogP contribution < -0.4 is 21.3 Å². The van der Waals surface area contributed by atoms with Crippen LogP contribution in [-0.2, 0) is 16.0 Å². The Morgan fingerprint density at radius 3 is 2.57 bits per heavy atom. The number of carbonyl (C=O) groups is 2. The molecule has 0 spiro atoms. The average Bonchev–Trinajstić information content (AvgIpc) is 2.88.